The number of hydrogen-bond acceptors (Lipinski definition) is 5. The Morgan fingerprint density at radius 2 is 2.00 bits per heavy atom. The smallest absolute Gasteiger partial charge is 0.262 e. The molecule has 25 heavy (non-hydrogen) atoms. The lowest BCUT2D eigenvalue weighted by Crippen LogP contribution is -2.22. The summed E-state index contributed by atoms with van der Waals surface area (Å²) in [5.41, 5.74) is 8.89. The third-order valence-electron chi connectivity index (χ3n) is 3.79. The maximum absolute atomic E-state index is 12.9. The lowest BCUT2D eigenvalue weighted by molar-refractivity contribution is 0.0963. The summed E-state index contributed by atoms with van der Waals surface area (Å²) in [5, 5.41) is 0.888. The largest absolute Gasteiger partial charge is 0.399 e. The Balaban J connectivity index is 1.98. The van der Waals surface area contributed by atoms with Crippen molar-refractivity contribution in [2.75, 3.05) is 12.0 Å². The minimum Gasteiger partial charge on any atom is -0.399 e. The van der Waals surface area contributed by atoms with Crippen LogP contribution in [0.3, 0.4) is 0 Å². The molecule has 0 aliphatic rings. The number of carbonyl (C=O) groups excluding carboxylic acids is 1. The number of nitrogens with zero attached hydrogens (tertiary/aromatic N) is 2. The number of fused-ring (bicyclic) bond motifs is 1. The zero-order chi connectivity index (χ0) is 18.2. The van der Waals surface area contributed by atoms with Crippen LogP contribution < -0.4 is 10.5 Å². The van der Waals surface area contributed by atoms with Crippen LogP contribution in [-0.2, 0) is 16.6 Å². The van der Waals surface area contributed by atoms with Gasteiger partial charge in [0.1, 0.15) is 0 Å². The van der Waals surface area contributed by atoms with Gasteiger partial charge in [-0.05, 0) is 43.3 Å². The van der Waals surface area contributed by atoms with Gasteiger partial charge in [0.25, 0.3) is 5.91 Å². The van der Waals surface area contributed by atoms with Crippen LogP contribution in [0.4, 0.5) is 5.69 Å². The molecule has 3 aromatic rings. The van der Waals surface area contributed by atoms with Crippen molar-refractivity contribution in [3.05, 3.63) is 59.5 Å². The van der Waals surface area contributed by atoms with Crippen LogP contribution in [-0.4, -0.2) is 30.1 Å². The van der Waals surface area contributed by atoms with Gasteiger partial charge in [0.15, 0.2) is 0 Å². The number of sulfonamides is 1. The molecule has 130 valence electrons. The summed E-state index contributed by atoms with van der Waals surface area (Å²) in [6.07, 6.45) is 2.56. The average molecular weight is 358 g/mol. The number of anilines is 1. The Morgan fingerprint density at radius 1 is 1.24 bits per heavy atom. The minimum absolute atomic E-state index is 0.0297. The second-order valence-corrected chi connectivity index (χ2v) is 7.71. The van der Waals surface area contributed by atoms with Gasteiger partial charge in [0, 0.05) is 28.5 Å². The monoisotopic (exact) mass is 358 g/mol. The topological polar surface area (TPSA) is 107 Å². The van der Waals surface area contributed by atoms with E-state index in [0.717, 1.165) is 22.9 Å². The number of aromatic nitrogens is 2. The highest BCUT2D eigenvalue weighted by Crippen LogP contribution is 2.23. The van der Waals surface area contributed by atoms with E-state index in [1.165, 1.54) is 6.20 Å². The molecule has 0 amide bonds. The molecule has 2 aromatic heterocycles. The first-order chi connectivity index (χ1) is 11.7. The average Bonchev–Trinajstić information content (AvgIpc) is 2.86. The maximum atomic E-state index is 12.9. The summed E-state index contributed by atoms with van der Waals surface area (Å²) in [5.74, 6) is -0.208. The predicted molar refractivity (Wildman–Crippen MR) is 96.7 cm³/mol. The fourth-order valence-corrected chi connectivity index (χ4v) is 3.09. The Bertz CT molecular complexity index is 1070. The van der Waals surface area contributed by atoms with Gasteiger partial charge in [-0.3, -0.25) is 14.3 Å². The molecular formula is C17H18N4O3S. The highest BCUT2D eigenvalue weighted by atomic mass is 32.2. The van der Waals surface area contributed by atoms with Crippen molar-refractivity contribution in [2.45, 2.75) is 13.5 Å². The molecule has 0 radical (unpaired) electrons. The molecule has 0 saturated carbocycles. The summed E-state index contributed by atoms with van der Waals surface area (Å²) in [4.78, 5) is 17.0. The third-order valence-corrected chi connectivity index (χ3v) is 4.46. The van der Waals surface area contributed by atoms with Gasteiger partial charge in [-0.15, -0.1) is 0 Å². The van der Waals surface area contributed by atoms with Crippen LogP contribution in [0.15, 0.2) is 42.6 Å². The Morgan fingerprint density at radius 3 is 2.72 bits per heavy atom. The molecule has 8 heteroatoms. The number of nitrogen functional groups attached to an aromatic ring is 1. The first-order valence-electron chi connectivity index (χ1n) is 7.56. The van der Waals surface area contributed by atoms with Gasteiger partial charge in [0.2, 0.25) is 10.0 Å². The molecule has 1 aromatic carbocycles. The molecule has 0 aliphatic heterocycles. The SMILES string of the molecule is Cc1cc2cc(N)ccc2n1C(=O)c1ccnc(CNS(C)(=O)=O)c1. The molecule has 3 rings (SSSR count). The van der Waals surface area contributed by atoms with Crippen molar-refractivity contribution in [2.24, 2.45) is 0 Å². The van der Waals surface area contributed by atoms with Crippen molar-refractivity contribution in [3.8, 4) is 0 Å². The van der Waals surface area contributed by atoms with Crippen molar-refractivity contribution in [1.82, 2.24) is 14.3 Å². The maximum Gasteiger partial charge on any atom is 0.262 e. The first-order valence-corrected chi connectivity index (χ1v) is 9.45. The summed E-state index contributed by atoms with van der Waals surface area (Å²) < 4.78 is 26.4. The predicted octanol–water partition coefficient (Wildman–Crippen LogP) is 1.66. The van der Waals surface area contributed by atoms with E-state index in [9.17, 15) is 13.2 Å². The fourth-order valence-electron chi connectivity index (χ4n) is 2.68. The highest BCUT2D eigenvalue weighted by molar-refractivity contribution is 7.88. The number of benzene rings is 1. The van der Waals surface area contributed by atoms with Gasteiger partial charge < -0.3 is 5.73 Å². The lowest BCUT2D eigenvalue weighted by atomic mass is 10.2. The van der Waals surface area contributed by atoms with Gasteiger partial charge in [-0.25, -0.2) is 13.1 Å². The Labute approximate surface area is 145 Å². The van der Waals surface area contributed by atoms with Crippen LogP contribution in [0.2, 0.25) is 0 Å². The summed E-state index contributed by atoms with van der Waals surface area (Å²) in [6.45, 7) is 1.88. The minimum atomic E-state index is -3.33. The van der Waals surface area contributed by atoms with E-state index < -0.39 is 10.0 Å². The molecule has 0 spiro atoms. The van der Waals surface area contributed by atoms with Crippen LogP contribution in [0.5, 0.6) is 0 Å². The molecule has 0 bridgehead atoms. The zero-order valence-electron chi connectivity index (χ0n) is 13.9. The van der Waals surface area contributed by atoms with E-state index in [1.54, 1.807) is 22.8 Å². The molecule has 0 aliphatic carbocycles. The van der Waals surface area contributed by atoms with E-state index in [-0.39, 0.29) is 12.5 Å². The number of nitrogens with one attached hydrogen (secondary N) is 1. The molecular weight excluding hydrogens is 340 g/mol. The molecule has 0 fully saturated rings. The molecule has 3 N–H and O–H groups in total. The van der Waals surface area contributed by atoms with E-state index in [2.05, 4.69) is 9.71 Å². The van der Waals surface area contributed by atoms with E-state index in [0.29, 0.717) is 16.9 Å². The standard InChI is InChI=1S/C17H18N4O3S/c1-11-7-13-8-14(18)3-4-16(13)21(11)17(22)12-5-6-19-15(9-12)10-20-25(2,23)24/h3-9,20H,10,18H2,1-2H3. The van der Waals surface area contributed by atoms with E-state index in [4.69, 9.17) is 5.73 Å². The molecule has 0 unspecified atom stereocenters. The Hall–Kier alpha value is -2.71. The number of pyridine rings is 1. The second-order valence-electron chi connectivity index (χ2n) is 5.87. The van der Waals surface area contributed by atoms with Gasteiger partial charge in [-0.1, -0.05) is 0 Å². The normalized spacial score (nSPS) is 11.8. The quantitative estimate of drug-likeness (QED) is 0.690. The van der Waals surface area contributed by atoms with Gasteiger partial charge >= 0.3 is 0 Å². The highest BCUT2D eigenvalue weighted by Gasteiger charge is 2.16. The zero-order valence-corrected chi connectivity index (χ0v) is 14.7. The Kier molecular flexibility index (Phi) is 4.32. The summed E-state index contributed by atoms with van der Waals surface area (Å²) in [7, 11) is -3.33. The fraction of sp³-hybridized carbons (Fsp3) is 0.176. The van der Waals surface area contributed by atoms with Crippen LogP contribution in [0, 0.1) is 6.92 Å². The number of nitrogens with two attached hydrogens (primary N) is 1. The third kappa shape index (κ3) is 3.70. The second kappa shape index (κ2) is 6.30. The summed E-state index contributed by atoms with van der Waals surface area (Å²) >= 11 is 0. The van der Waals surface area contributed by atoms with Crippen LogP contribution >= 0.6 is 0 Å². The van der Waals surface area contributed by atoms with Crippen LogP contribution in [0.1, 0.15) is 21.7 Å². The van der Waals surface area contributed by atoms with Gasteiger partial charge in [0.05, 0.1) is 24.0 Å². The number of hydrogen-bond donors (Lipinski definition) is 2. The lowest BCUT2D eigenvalue weighted by Gasteiger charge is -2.09. The van der Waals surface area contributed by atoms with Crippen molar-refractivity contribution in [1.29, 1.82) is 0 Å². The van der Waals surface area contributed by atoms with Crippen molar-refractivity contribution >= 4 is 32.5 Å². The molecule has 0 atom stereocenters. The molecule has 0 saturated heterocycles. The van der Waals surface area contributed by atoms with E-state index >= 15 is 0 Å². The van der Waals surface area contributed by atoms with Crippen molar-refractivity contribution in [3.63, 3.8) is 0 Å². The first kappa shape index (κ1) is 17.1. The van der Waals surface area contributed by atoms with Crippen LogP contribution in [0.25, 0.3) is 10.9 Å². The number of rotatable bonds is 4. The number of aryl methyl sites for hydroxylation is 1. The number of carbonyl (C=O) groups is 1. The molecule has 2 heterocycles. The summed E-state index contributed by atoms with van der Waals surface area (Å²) in [6, 6.07) is 10.5. The molecule has 7 nitrogen and oxygen atoms in total. The van der Waals surface area contributed by atoms with Gasteiger partial charge in [-0.2, -0.15) is 0 Å². The van der Waals surface area contributed by atoms with E-state index in [1.807, 2.05) is 25.1 Å². The van der Waals surface area contributed by atoms with Crippen molar-refractivity contribution < 1.29 is 13.2 Å².